The monoisotopic (exact) mass is 379 g/mol. The number of nitrogens with zero attached hydrogens (tertiary/aromatic N) is 1. The maximum absolute atomic E-state index is 12.4. The summed E-state index contributed by atoms with van der Waals surface area (Å²) in [6.07, 6.45) is 2.21. The number of carbonyl (C=O) groups excluding carboxylic acids is 1. The third kappa shape index (κ3) is 3.24. The highest BCUT2D eigenvalue weighted by molar-refractivity contribution is 9.10. The topological polar surface area (TPSA) is 20.3 Å². The summed E-state index contributed by atoms with van der Waals surface area (Å²) < 4.78 is 0.887. The number of benzene rings is 1. The minimum Gasteiger partial charge on any atom is -0.335 e. The van der Waals surface area contributed by atoms with Crippen LogP contribution in [0, 0.1) is 0 Å². The van der Waals surface area contributed by atoms with E-state index in [-0.39, 0.29) is 5.91 Å². The van der Waals surface area contributed by atoms with Crippen LogP contribution in [-0.2, 0) is 0 Å². The fraction of sp³-hybridized carbons (Fsp3) is 0.417. The van der Waals surface area contributed by atoms with Crippen molar-refractivity contribution in [3.63, 3.8) is 0 Å². The number of hydrogen-bond donors (Lipinski definition) is 0. The first-order chi connectivity index (χ1) is 8.13. The van der Waals surface area contributed by atoms with Crippen molar-refractivity contribution in [1.82, 2.24) is 4.90 Å². The van der Waals surface area contributed by atoms with Crippen LogP contribution in [0.15, 0.2) is 22.7 Å². The smallest absolute Gasteiger partial charge is 0.255 e. The Morgan fingerprint density at radius 2 is 2.18 bits per heavy atom. The molecule has 0 N–H and O–H groups in total. The maximum Gasteiger partial charge on any atom is 0.255 e. The molecule has 0 bridgehead atoms. The second kappa shape index (κ2) is 5.72. The van der Waals surface area contributed by atoms with Crippen molar-refractivity contribution in [3.8, 4) is 0 Å². The molecule has 0 aromatic heterocycles. The van der Waals surface area contributed by atoms with Crippen molar-refractivity contribution in [3.05, 3.63) is 33.3 Å². The molecule has 0 spiro atoms. The lowest BCUT2D eigenvalue weighted by Gasteiger charge is -2.22. The van der Waals surface area contributed by atoms with Crippen LogP contribution in [0.2, 0.25) is 5.02 Å². The SMILES string of the molecule is O=C(c1ccc(Br)cc1Cl)N(CCBr)C1CC1. The lowest BCUT2D eigenvalue weighted by molar-refractivity contribution is 0.0755. The molecule has 2 rings (SSSR count). The minimum atomic E-state index is 0.0319. The number of carbonyl (C=O) groups is 1. The Kier molecular flexibility index (Phi) is 4.50. The highest BCUT2D eigenvalue weighted by Gasteiger charge is 2.33. The van der Waals surface area contributed by atoms with Crippen LogP contribution in [0.1, 0.15) is 23.2 Å². The van der Waals surface area contributed by atoms with Crippen LogP contribution in [0.25, 0.3) is 0 Å². The van der Waals surface area contributed by atoms with Gasteiger partial charge in [0.1, 0.15) is 0 Å². The number of hydrogen-bond acceptors (Lipinski definition) is 1. The first-order valence-corrected chi connectivity index (χ1v) is 7.74. The molecule has 0 unspecified atom stereocenters. The number of rotatable bonds is 4. The Morgan fingerprint density at radius 1 is 1.47 bits per heavy atom. The van der Waals surface area contributed by atoms with Gasteiger partial charge in [-0.05, 0) is 31.0 Å². The van der Waals surface area contributed by atoms with E-state index >= 15 is 0 Å². The van der Waals surface area contributed by atoms with Gasteiger partial charge in [0.25, 0.3) is 5.91 Å². The van der Waals surface area contributed by atoms with Gasteiger partial charge in [-0.3, -0.25) is 4.79 Å². The van der Waals surface area contributed by atoms with Gasteiger partial charge in [0.05, 0.1) is 10.6 Å². The summed E-state index contributed by atoms with van der Waals surface area (Å²) in [7, 11) is 0. The van der Waals surface area contributed by atoms with Crippen LogP contribution >= 0.6 is 43.5 Å². The van der Waals surface area contributed by atoms with Gasteiger partial charge < -0.3 is 4.90 Å². The van der Waals surface area contributed by atoms with E-state index in [1.807, 2.05) is 11.0 Å². The summed E-state index contributed by atoms with van der Waals surface area (Å²) in [5, 5.41) is 1.30. The molecule has 92 valence electrons. The number of amides is 1. The van der Waals surface area contributed by atoms with Gasteiger partial charge in [-0.15, -0.1) is 0 Å². The summed E-state index contributed by atoms with van der Waals surface area (Å²) in [4.78, 5) is 14.3. The fourth-order valence-electron chi connectivity index (χ4n) is 1.74. The van der Waals surface area contributed by atoms with Gasteiger partial charge in [0.15, 0.2) is 0 Å². The van der Waals surface area contributed by atoms with E-state index < -0.39 is 0 Å². The Morgan fingerprint density at radius 3 is 2.71 bits per heavy atom. The molecule has 0 saturated heterocycles. The van der Waals surface area contributed by atoms with Gasteiger partial charge in [-0.1, -0.05) is 43.5 Å². The van der Waals surface area contributed by atoms with Gasteiger partial charge >= 0.3 is 0 Å². The van der Waals surface area contributed by atoms with E-state index in [4.69, 9.17) is 11.6 Å². The van der Waals surface area contributed by atoms with Crippen molar-refractivity contribution in [2.24, 2.45) is 0 Å². The zero-order valence-electron chi connectivity index (χ0n) is 9.13. The molecule has 0 atom stereocenters. The summed E-state index contributed by atoms with van der Waals surface area (Å²) >= 11 is 12.8. The van der Waals surface area contributed by atoms with Crippen LogP contribution in [-0.4, -0.2) is 28.7 Å². The maximum atomic E-state index is 12.4. The first kappa shape index (κ1) is 13.4. The molecule has 0 radical (unpaired) electrons. The molecule has 17 heavy (non-hydrogen) atoms. The highest BCUT2D eigenvalue weighted by atomic mass is 79.9. The fourth-order valence-corrected chi connectivity index (χ4v) is 2.88. The standard InChI is InChI=1S/C12H12Br2ClNO/c13-5-6-16(9-2-3-9)12(17)10-4-1-8(14)7-11(10)15/h1,4,7,9H,2-3,5-6H2. The Bertz CT molecular complexity index is 435. The number of alkyl halides is 1. The second-order valence-electron chi connectivity index (χ2n) is 4.04. The predicted molar refractivity (Wildman–Crippen MR) is 77.0 cm³/mol. The lowest BCUT2D eigenvalue weighted by atomic mass is 10.2. The molecule has 0 heterocycles. The van der Waals surface area contributed by atoms with Crippen LogP contribution in [0.4, 0.5) is 0 Å². The van der Waals surface area contributed by atoms with E-state index in [2.05, 4.69) is 31.9 Å². The number of halogens is 3. The van der Waals surface area contributed by atoms with Crippen molar-refractivity contribution in [2.45, 2.75) is 18.9 Å². The van der Waals surface area contributed by atoms with E-state index in [1.54, 1.807) is 12.1 Å². The van der Waals surface area contributed by atoms with Crippen LogP contribution in [0.3, 0.4) is 0 Å². The third-order valence-electron chi connectivity index (χ3n) is 2.74. The minimum absolute atomic E-state index is 0.0319. The summed E-state index contributed by atoms with van der Waals surface area (Å²) in [5.74, 6) is 0.0319. The molecule has 1 aliphatic rings. The van der Waals surface area contributed by atoms with E-state index in [0.717, 1.165) is 29.2 Å². The average Bonchev–Trinajstić information content (AvgIpc) is 3.09. The molecule has 5 heteroatoms. The van der Waals surface area contributed by atoms with Gasteiger partial charge in [-0.25, -0.2) is 0 Å². The van der Waals surface area contributed by atoms with Crippen LogP contribution in [0.5, 0.6) is 0 Å². The average molecular weight is 381 g/mol. The molecule has 1 aromatic carbocycles. The molecule has 1 aliphatic carbocycles. The third-order valence-corrected chi connectivity index (χ3v) is 3.90. The Balaban J connectivity index is 2.22. The highest BCUT2D eigenvalue weighted by Crippen LogP contribution is 2.30. The zero-order chi connectivity index (χ0) is 12.4. The van der Waals surface area contributed by atoms with Crippen LogP contribution < -0.4 is 0 Å². The molecule has 1 fully saturated rings. The molecule has 1 amide bonds. The van der Waals surface area contributed by atoms with Crippen molar-refractivity contribution >= 4 is 49.4 Å². The molecule has 1 aromatic rings. The van der Waals surface area contributed by atoms with Crippen molar-refractivity contribution in [2.75, 3.05) is 11.9 Å². The Labute approximate surface area is 123 Å². The molecule has 2 nitrogen and oxygen atoms in total. The molecule has 1 saturated carbocycles. The van der Waals surface area contributed by atoms with E-state index in [9.17, 15) is 4.79 Å². The Hall–Kier alpha value is -0.0600. The second-order valence-corrected chi connectivity index (χ2v) is 6.16. The van der Waals surface area contributed by atoms with Gasteiger partial charge in [-0.2, -0.15) is 0 Å². The van der Waals surface area contributed by atoms with Gasteiger partial charge in [0.2, 0.25) is 0 Å². The predicted octanol–water partition coefficient (Wildman–Crippen LogP) is 4.10. The normalized spacial score (nSPS) is 14.8. The van der Waals surface area contributed by atoms with Crippen molar-refractivity contribution in [1.29, 1.82) is 0 Å². The first-order valence-electron chi connectivity index (χ1n) is 5.45. The summed E-state index contributed by atoms with van der Waals surface area (Å²) in [6, 6.07) is 5.78. The zero-order valence-corrected chi connectivity index (χ0v) is 13.1. The van der Waals surface area contributed by atoms with Gasteiger partial charge in [0, 0.05) is 22.4 Å². The molecular weight excluding hydrogens is 369 g/mol. The lowest BCUT2D eigenvalue weighted by Crippen LogP contribution is -2.34. The largest absolute Gasteiger partial charge is 0.335 e. The quantitative estimate of drug-likeness (QED) is 0.719. The summed E-state index contributed by atoms with van der Waals surface area (Å²) in [6.45, 7) is 0.732. The van der Waals surface area contributed by atoms with Crippen molar-refractivity contribution < 1.29 is 4.79 Å². The molecule has 0 aliphatic heterocycles. The molecular formula is C12H12Br2ClNO. The summed E-state index contributed by atoms with van der Waals surface area (Å²) in [5.41, 5.74) is 0.586. The van der Waals surface area contributed by atoms with E-state index in [0.29, 0.717) is 16.6 Å². The van der Waals surface area contributed by atoms with E-state index in [1.165, 1.54) is 0 Å².